The van der Waals surface area contributed by atoms with Crippen molar-refractivity contribution in [2.24, 2.45) is 0 Å². The summed E-state index contributed by atoms with van der Waals surface area (Å²) in [6.07, 6.45) is 15.6. The van der Waals surface area contributed by atoms with Crippen molar-refractivity contribution in [3.8, 4) is 51.4 Å². The van der Waals surface area contributed by atoms with Gasteiger partial charge < -0.3 is 30.3 Å². The minimum Gasteiger partial charge on any atom is -0.669 e. The maximum Gasteiger partial charge on any atom is 4.00 e. The average Bonchev–Trinajstić information content (AvgIpc) is 3.81. The summed E-state index contributed by atoms with van der Waals surface area (Å²) in [6, 6.07) is 50.3. The van der Waals surface area contributed by atoms with Crippen molar-refractivity contribution in [2.75, 3.05) is 26.0 Å². The number of hydrogen-bond donors (Lipinski definition) is 0. The zero-order valence-electron chi connectivity index (χ0n) is 27.2. The Labute approximate surface area is 322 Å². The first-order chi connectivity index (χ1) is 23.4. The third-order valence-electron chi connectivity index (χ3n) is 6.97. The number of ether oxygens (including phenoxy) is 2. The van der Waals surface area contributed by atoms with Crippen LogP contribution in [0.2, 0.25) is 0 Å². The van der Waals surface area contributed by atoms with E-state index >= 15 is 0 Å². The van der Waals surface area contributed by atoms with Crippen LogP contribution in [0, 0.1) is 42.8 Å². The van der Waals surface area contributed by atoms with E-state index in [2.05, 4.69) is 47.4 Å². The van der Waals surface area contributed by atoms with Crippen molar-refractivity contribution in [1.29, 1.82) is 0 Å². The molecule has 0 aliphatic carbocycles. The fraction of sp³-hybridized carbons (Fsp3) is 0.0732. The molecule has 3 heterocycles. The first kappa shape index (κ1) is 37.6. The molecular formula is C41H29N5O2Pt2+2. The van der Waals surface area contributed by atoms with Gasteiger partial charge in [-0.1, -0.05) is 44.9 Å². The summed E-state index contributed by atoms with van der Waals surface area (Å²) in [6.45, 7) is 0. The second kappa shape index (κ2) is 18.0. The van der Waals surface area contributed by atoms with Gasteiger partial charge in [0.1, 0.15) is 5.69 Å². The molecule has 7 nitrogen and oxygen atoms in total. The molecule has 1 aliphatic heterocycles. The largest absolute Gasteiger partial charge is 4.00 e. The molecule has 1 aliphatic rings. The Morgan fingerprint density at radius 1 is 0.780 bits per heavy atom. The Morgan fingerprint density at radius 3 is 2.10 bits per heavy atom. The molecule has 9 heteroatoms. The van der Waals surface area contributed by atoms with Gasteiger partial charge in [-0.05, 0) is 12.1 Å². The van der Waals surface area contributed by atoms with Crippen molar-refractivity contribution in [1.82, 2.24) is 9.55 Å². The third kappa shape index (κ3) is 9.91. The summed E-state index contributed by atoms with van der Waals surface area (Å²) in [7, 11) is 5.90. The zero-order valence-corrected chi connectivity index (χ0v) is 31.8. The summed E-state index contributed by atoms with van der Waals surface area (Å²) in [4.78, 5) is 6.56. The van der Waals surface area contributed by atoms with Crippen molar-refractivity contribution in [3.63, 3.8) is 0 Å². The van der Waals surface area contributed by atoms with Gasteiger partial charge in [0.15, 0.2) is 7.05 Å². The molecule has 7 rings (SSSR count). The fourth-order valence-electron chi connectivity index (χ4n) is 4.60. The topological polar surface area (TPSA) is 45.5 Å². The van der Waals surface area contributed by atoms with Gasteiger partial charge in [0.25, 0.3) is 6.20 Å². The van der Waals surface area contributed by atoms with E-state index in [0.29, 0.717) is 23.0 Å². The third-order valence-corrected chi connectivity index (χ3v) is 6.97. The van der Waals surface area contributed by atoms with E-state index in [1.807, 2.05) is 139 Å². The Balaban J connectivity index is 0.000000559. The molecule has 0 amide bonds. The quantitative estimate of drug-likeness (QED) is 0.0886. The number of rotatable bonds is 8. The number of aromatic nitrogens is 2. The molecule has 0 fully saturated rings. The molecule has 6 aromatic rings. The van der Waals surface area contributed by atoms with Crippen LogP contribution in [-0.2, 0) is 42.1 Å². The van der Waals surface area contributed by atoms with Gasteiger partial charge in [-0.3, -0.25) is 11.1 Å². The van der Waals surface area contributed by atoms with Crippen LogP contribution in [0.25, 0.3) is 22.4 Å². The van der Waals surface area contributed by atoms with Gasteiger partial charge in [-0.2, -0.15) is 24.3 Å². The van der Waals surface area contributed by atoms with Crippen LogP contribution in [0.1, 0.15) is 0 Å². The maximum absolute atomic E-state index is 6.57. The molecule has 248 valence electrons. The molecule has 0 bridgehead atoms. The van der Waals surface area contributed by atoms with E-state index in [-0.39, 0.29) is 42.1 Å². The summed E-state index contributed by atoms with van der Waals surface area (Å²) >= 11 is 0. The fourth-order valence-corrected chi connectivity index (χ4v) is 4.60. The van der Waals surface area contributed by atoms with Crippen LogP contribution < -0.4 is 14.4 Å². The van der Waals surface area contributed by atoms with E-state index in [0.717, 1.165) is 33.8 Å². The predicted octanol–water partition coefficient (Wildman–Crippen LogP) is 7.89. The Bertz CT molecular complexity index is 2200. The molecule has 0 saturated heterocycles. The minimum absolute atomic E-state index is 0. The molecule has 0 atom stereocenters. The number of hydrogen-bond acceptors (Lipinski definition) is 4. The predicted molar refractivity (Wildman–Crippen MR) is 184 cm³/mol. The van der Waals surface area contributed by atoms with Crippen molar-refractivity contribution in [3.05, 3.63) is 159 Å². The number of nitrogens with zero attached hydrogens (tertiary/aromatic N) is 5. The van der Waals surface area contributed by atoms with Crippen LogP contribution in [0.5, 0.6) is 23.0 Å². The summed E-state index contributed by atoms with van der Waals surface area (Å²) in [5.74, 6) is 2.36. The first-order valence-electron chi connectivity index (χ1n) is 15.0. The smallest absolute Gasteiger partial charge is 0.669 e. The number of benzene rings is 4. The minimum atomic E-state index is 0. The van der Waals surface area contributed by atoms with Gasteiger partial charge in [0, 0.05) is 49.5 Å². The number of anilines is 1. The SMILES string of the molecule is CN(C)c1cc[c-]c(Oc2[c-]c(-c3[c-]cnc(-c4[c-]c(Oc5[c-]c([N+]6=C=[N+](C)C=C6)ccc5)ccc4)c3)ccc2)c1.[C-]#Cn1cccc1.[Pt+2].[Pt+4]. The van der Waals surface area contributed by atoms with Crippen molar-refractivity contribution < 1.29 is 60.8 Å². The number of pyridine rings is 1. The molecule has 2 aromatic heterocycles. The van der Waals surface area contributed by atoms with Gasteiger partial charge in [0.2, 0.25) is 6.20 Å². The van der Waals surface area contributed by atoms with E-state index in [1.54, 1.807) is 23.2 Å². The summed E-state index contributed by atoms with van der Waals surface area (Å²) < 4.78 is 17.4. The van der Waals surface area contributed by atoms with Crippen LogP contribution in [0.15, 0.2) is 122 Å². The van der Waals surface area contributed by atoms with E-state index in [4.69, 9.17) is 15.9 Å². The van der Waals surface area contributed by atoms with Crippen LogP contribution in [-0.4, -0.2) is 45.9 Å². The second-order valence-corrected chi connectivity index (χ2v) is 10.7. The molecular weight excluding hydrogens is 985 g/mol. The van der Waals surface area contributed by atoms with Crippen LogP contribution in [0.3, 0.4) is 0 Å². The second-order valence-electron chi connectivity index (χ2n) is 10.7. The maximum atomic E-state index is 6.57. The average molecular weight is 1010 g/mol. The molecule has 50 heavy (non-hydrogen) atoms. The molecule has 0 N–H and O–H groups in total. The Kier molecular flexibility index (Phi) is 13.5. The van der Waals surface area contributed by atoms with Crippen LogP contribution in [0.4, 0.5) is 11.4 Å². The molecule has 0 spiro atoms. The molecule has 0 saturated carbocycles. The van der Waals surface area contributed by atoms with Crippen molar-refractivity contribution in [2.45, 2.75) is 0 Å². The standard InChI is InChI=1S/C35H25N4O2.C6H4N.2Pt/c1-37(2)29-10-6-14-33(23-29)40-31-12-4-8-26(20-31)27-16-17-36-35(22-27)28-9-5-13-32(21-28)41-34-15-7-11-30(24-34)39-19-18-38(3)25-39;1-2-7-5-3-4-6-7;;/h4-13,15,17-19,22-23H,1-3H3;3-6H;;/q-3;-1;+2;+4. The van der Waals surface area contributed by atoms with Gasteiger partial charge in [-0.15, -0.1) is 54.1 Å². The molecule has 0 radical (unpaired) electrons. The van der Waals surface area contributed by atoms with Gasteiger partial charge in [0.05, 0.1) is 0 Å². The Morgan fingerprint density at radius 2 is 1.44 bits per heavy atom. The molecule has 4 aromatic carbocycles. The van der Waals surface area contributed by atoms with E-state index in [9.17, 15) is 0 Å². The normalized spacial score (nSPS) is 11.0. The van der Waals surface area contributed by atoms with Gasteiger partial charge in [-0.25, -0.2) is 24.2 Å². The first-order valence-corrected chi connectivity index (χ1v) is 15.0. The molecule has 0 unspecified atom stereocenters. The summed E-state index contributed by atoms with van der Waals surface area (Å²) in [5, 5.41) is 0. The zero-order chi connectivity index (χ0) is 33.3. The Hall–Kier alpha value is -5.23. The van der Waals surface area contributed by atoms with Crippen molar-refractivity contribution >= 4 is 17.4 Å². The summed E-state index contributed by atoms with van der Waals surface area (Å²) in [5.41, 5.74) is 5.07. The monoisotopic (exact) mass is 1010 g/mol. The van der Waals surface area contributed by atoms with E-state index in [1.165, 1.54) is 0 Å². The van der Waals surface area contributed by atoms with E-state index < -0.39 is 0 Å². The van der Waals surface area contributed by atoms with Crippen LogP contribution >= 0.6 is 0 Å². The van der Waals surface area contributed by atoms with Gasteiger partial charge >= 0.3 is 48.1 Å².